The minimum atomic E-state index is -0.518. The molecule has 1 aliphatic heterocycles. The van der Waals surface area contributed by atoms with Gasteiger partial charge in [-0.2, -0.15) is 5.26 Å². The highest BCUT2D eigenvalue weighted by Crippen LogP contribution is 2.32. The van der Waals surface area contributed by atoms with Gasteiger partial charge in [-0.15, -0.1) is 0 Å². The molecule has 1 heterocycles. The summed E-state index contributed by atoms with van der Waals surface area (Å²) in [5.41, 5.74) is 0.562. The van der Waals surface area contributed by atoms with Crippen LogP contribution in [0.25, 0.3) is 0 Å². The number of nitrogens with one attached hydrogen (secondary N) is 2. The fourth-order valence-corrected chi connectivity index (χ4v) is 2.92. The zero-order valence-corrected chi connectivity index (χ0v) is 13.2. The Labute approximate surface area is 139 Å². The number of rotatable bonds is 5. The molecule has 7 heteroatoms. The molecule has 2 aliphatic rings. The Kier molecular flexibility index (Phi) is 4.65. The van der Waals surface area contributed by atoms with E-state index in [0.29, 0.717) is 31.1 Å². The number of halogens is 1. The van der Waals surface area contributed by atoms with Crippen molar-refractivity contribution in [2.45, 2.75) is 31.8 Å². The maximum absolute atomic E-state index is 13.7. The summed E-state index contributed by atoms with van der Waals surface area (Å²) in [6.45, 7) is 1.17. The molecule has 0 aromatic heterocycles. The van der Waals surface area contributed by atoms with Gasteiger partial charge in [-0.25, -0.2) is 9.18 Å². The molecule has 1 aliphatic carbocycles. The van der Waals surface area contributed by atoms with Crippen LogP contribution in [-0.4, -0.2) is 36.0 Å². The number of urea groups is 1. The summed E-state index contributed by atoms with van der Waals surface area (Å²) >= 11 is 0. The molecule has 1 aromatic rings. The van der Waals surface area contributed by atoms with E-state index in [1.807, 2.05) is 11.0 Å². The molecule has 24 heavy (non-hydrogen) atoms. The molecule has 2 fully saturated rings. The molecule has 1 saturated carbocycles. The first-order valence-electron chi connectivity index (χ1n) is 8.06. The second-order valence-electron chi connectivity index (χ2n) is 6.33. The Balaban J connectivity index is 1.42. The Morgan fingerprint density at radius 2 is 2.17 bits per heavy atom. The van der Waals surface area contributed by atoms with Crippen LogP contribution in [0.1, 0.15) is 30.4 Å². The van der Waals surface area contributed by atoms with Crippen molar-refractivity contribution in [3.63, 3.8) is 0 Å². The SMILES string of the molecule is N#Cc1ccc(CNC(=O)NC[C@H]2CC(=O)N(C3CC3)C2)c(F)c1. The van der Waals surface area contributed by atoms with Crippen LogP contribution >= 0.6 is 0 Å². The minimum absolute atomic E-state index is 0.0428. The predicted octanol–water partition coefficient (Wildman–Crippen LogP) is 1.51. The van der Waals surface area contributed by atoms with Gasteiger partial charge >= 0.3 is 6.03 Å². The molecule has 3 amide bonds. The number of nitriles is 1. The summed E-state index contributed by atoms with van der Waals surface area (Å²) in [5, 5.41) is 14.0. The van der Waals surface area contributed by atoms with Gasteiger partial charge in [-0.1, -0.05) is 6.07 Å². The van der Waals surface area contributed by atoms with Crippen molar-refractivity contribution in [2.75, 3.05) is 13.1 Å². The first-order valence-corrected chi connectivity index (χ1v) is 8.06. The highest BCUT2D eigenvalue weighted by Gasteiger charge is 2.39. The predicted molar refractivity (Wildman–Crippen MR) is 84.2 cm³/mol. The number of amides is 3. The summed E-state index contributed by atoms with van der Waals surface area (Å²) in [7, 11) is 0. The van der Waals surface area contributed by atoms with Crippen LogP contribution in [0.3, 0.4) is 0 Å². The lowest BCUT2D eigenvalue weighted by Crippen LogP contribution is -2.38. The molecule has 0 spiro atoms. The maximum Gasteiger partial charge on any atom is 0.315 e. The van der Waals surface area contributed by atoms with Crippen molar-refractivity contribution in [3.05, 3.63) is 35.1 Å². The van der Waals surface area contributed by atoms with Gasteiger partial charge in [0.05, 0.1) is 11.6 Å². The second-order valence-corrected chi connectivity index (χ2v) is 6.33. The van der Waals surface area contributed by atoms with Gasteiger partial charge in [0.2, 0.25) is 5.91 Å². The molecule has 1 saturated heterocycles. The Bertz CT molecular complexity index is 696. The van der Waals surface area contributed by atoms with Crippen LogP contribution in [0.5, 0.6) is 0 Å². The molecule has 0 bridgehead atoms. The van der Waals surface area contributed by atoms with Gasteiger partial charge < -0.3 is 15.5 Å². The van der Waals surface area contributed by atoms with Gasteiger partial charge in [0.1, 0.15) is 5.82 Å². The van der Waals surface area contributed by atoms with Crippen LogP contribution < -0.4 is 10.6 Å². The van der Waals surface area contributed by atoms with Crippen molar-refractivity contribution in [1.29, 1.82) is 5.26 Å². The molecule has 1 atom stereocenters. The van der Waals surface area contributed by atoms with Gasteiger partial charge in [0, 0.05) is 43.6 Å². The summed E-state index contributed by atoms with van der Waals surface area (Å²) < 4.78 is 13.7. The zero-order chi connectivity index (χ0) is 17.1. The van der Waals surface area contributed by atoms with Crippen LogP contribution in [-0.2, 0) is 11.3 Å². The Morgan fingerprint density at radius 1 is 1.38 bits per heavy atom. The number of nitrogens with zero attached hydrogens (tertiary/aromatic N) is 2. The summed E-state index contributed by atoms with van der Waals surface area (Å²) in [6, 6.07) is 6.02. The van der Waals surface area contributed by atoms with Crippen molar-refractivity contribution < 1.29 is 14.0 Å². The number of likely N-dealkylation sites (tertiary alicyclic amines) is 1. The average molecular weight is 330 g/mol. The fourth-order valence-electron chi connectivity index (χ4n) is 2.92. The molecule has 6 nitrogen and oxygen atoms in total. The number of hydrogen-bond acceptors (Lipinski definition) is 3. The monoisotopic (exact) mass is 330 g/mol. The topological polar surface area (TPSA) is 85.2 Å². The fraction of sp³-hybridized carbons (Fsp3) is 0.471. The minimum Gasteiger partial charge on any atom is -0.339 e. The summed E-state index contributed by atoms with van der Waals surface area (Å²) in [4.78, 5) is 25.6. The molecule has 3 rings (SSSR count). The van der Waals surface area contributed by atoms with Crippen LogP contribution in [0.4, 0.5) is 9.18 Å². The van der Waals surface area contributed by atoms with E-state index in [1.165, 1.54) is 12.1 Å². The lowest BCUT2D eigenvalue weighted by atomic mass is 10.1. The molecule has 1 aromatic carbocycles. The Morgan fingerprint density at radius 3 is 2.83 bits per heavy atom. The molecular formula is C17H19FN4O2. The maximum atomic E-state index is 13.7. The van der Waals surface area contributed by atoms with E-state index in [1.54, 1.807) is 0 Å². The molecule has 2 N–H and O–H groups in total. The first-order chi connectivity index (χ1) is 11.6. The van der Waals surface area contributed by atoms with Crippen LogP contribution in [0.2, 0.25) is 0 Å². The normalized spacial score (nSPS) is 19.9. The Hall–Kier alpha value is -2.62. The van der Waals surface area contributed by atoms with Gasteiger partial charge in [0.15, 0.2) is 0 Å². The lowest BCUT2D eigenvalue weighted by Gasteiger charge is -2.16. The van der Waals surface area contributed by atoms with E-state index in [-0.39, 0.29) is 23.9 Å². The van der Waals surface area contributed by atoms with Gasteiger partial charge in [-0.3, -0.25) is 4.79 Å². The van der Waals surface area contributed by atoms with E-state index in [9.17, 15) is 14.0 Å². The first kappa shape index (κ1) is 16.2. The molecular weight excluding hydrogens is 311 g/mol. The highest BCUT2D eigenvalue weighted by atomic mass is 19.1. The molecule has 0 radical (unpaired) electrons. The summed E-state index contributed by atoms with van der Waals surface area (Å²) in [6.07, 6.45) is 2.64. The van der Waals surface area contributed by atoms with E-state index in [0.717, 1.165) is 18.9 Å². The number of carbonyl (C=O) groups excluding carboxylic acids is 2. The summed E-state index contributed by atoms with van der Waals surface area (Å²) in [5.74, 6) is -0.212. The van der Waals surface area contributed by atoms with Crippen molar-refractivity contribution in [2.24, 2.45) is 5.92 Å². The van der Waals surface area contributed by atoms with E-state index >= 15 is 0 Å². The third-order valence-electron chi connectivity index (χ3n) is 4.40. The smallest absolute Gasteiger partial charge is 0.315 e. The largest absolute Gasteiger partial charge is 0.339 e. The van der Waals surface area contributed by atoms with Crippen molar-refractivity contribution in [1.82, 2.24) is 15.5 Å². The third kappa shape index (κ3) is 3.82. The standard InChI is InChI=1S/C17H19FN4O2/c18-15-5-11(7-19)1-2-13(15)9-21-17(24)20-8-12-6-16(23)22(10-12)14-3-4-14/h1-2,5,12,14H,3-4,6,8-10H2,(H2,20,21,24)/t12-/m1/s1. The van der Waals surface area contributed by atoms with Gasteiger partial charge in [0.25, 0.3) is 0 Å². The van der Waals surface area contributed by atoms with E-state index < -0.39 is 11.8 Å². The number of hydrogen-bond donors (Lipinski definition) is 2. The third-order valence-corrected chi connectivity index (χ3v) is 4.40. The number of carbonyl (C=O) groups is 2. The average Bonchev–Trinajstić information content (AvgIpc) is 3.34. The molecule has 0 unspecified atom stereocenters. The quantitative estimate of drug-likeness (QED) is 0.858. The number of benzene rings is 1. The van der Waals surface area contributed by atoms with Crippen LogP contribution in [0.15, 0.2) is 18.2 Å². The lowest BCUT2D eigenvalue weighted by molar-refractivity contribution is -0.128. The van der Waals surface area contributed by atoms with Gasteiger partial charge in [-0.05, 0) is 25.0 Å². The second kappa shape index (κ2) is 6.87. The van der Waals surface area contributed by atoms with E-state index in [2.05, 4.69) is 10.6 Å². The van der Waals surface area contributed by atoms with Crippen molar-refractivity contribution >= 4 is 11.9 Å². The van der Waals surface area contributed by atoms with Crippen LogP contribution in [0, 0.1) is 23.1 Å². The van der Waals surface area contributed by atoms with E-state index in [4.69, 9.17) is 5.26 Å². The molecule has 126 valence electrons. The van der Waals surface area contributed by atoms with Crippen molar-refractivity contribution in [3.8, 4) is 6.07 Å². The highest BCUT2D eigenvalue weighted by molar-refractivity contribution is 5.79. The zero-order valence-electron chi connectivity index (χ0n) is 13.2.